The van der Waals surface area contributed by atoms with E-state index in [0.29, 0.717) is 24.8 Å². The minimum atomic E-state index is 0.0757. The number of carbonyl (C=O) groups is 1. The molecule has 8 heteroatoms. The van der Waals surface area contributed by atoms with Gasteiger partial charge in [0.05, 0.1) is 30.0 Å². The molecule has 0 bridgehead atoms. The van der Waals surface area contributed by atoms with E-state index in [1.165, 1.54) is 4.88 Å². The molecule has 0 aromatic carbocycles. The summed E-state index contributed by atoms with van der Waals surface area (Å²) in [6.45, 7) is 4.69. The average molecular weight is 398 g/mol. The summed E-state index contributed by atoms with van der Waals surface area (Å²) >= 11 is 1.66. The van der Waals surface area contributed by atoms with E-state index in [1.54, 1.807) is 23.9 Å². The van der Waals surface area contributed by atoms with Crippen LogP contribution in [0, 0.1) is 6.92 Å². The Morgan fingerprint density at radius 3 is 2.96 bits per heavy atom. The maximum absolute atomic E-state index is 12.2. The number of carbonyl (C=O) groups excluding carboxylic acids is 1. The number of piperidine rings is 1. The molecule has 0 unspecified atom stereocenters. The zero-order valence-corrected chi connectivity index (χ0v) is 16.6. The lowest BCUT2D eigenvalue weighted by molar-refractivity contribution is -0.122. The molecule has 7 nitrogen and oxygen atoms in total. The molecule has 1 saturated heterocycles. The minimum absolute atomic E-state index is 0.0757. The lowest BCUT2D eigenvalue weighted by Crippen LogP contribution is -2.41. The Balaban J connectivity index is 1.33. The monoisotopic (exact) mass is 397 g/mol. The minimum Gasteiger partial charge on any atom is -0.356 e. The van der Waals surface area contributed by atoms with Crippen molar-refractivity contribution in [3.8, 4) is 11.3 Å². The molecule has 1 aliphatic heterocycles. The van der Waals surface area contributed by atoms with Gasteiger partial charge in [0, 0.05) is 23.1 Å². The van der Waals surface area contributed by atoms with E-state index in [2.05, 4.69) is 25.3 Å². The smallest absolute Gasteiger partial charge is 0.234 e. The highest BCUT2D eigenvalue weighted by molar-refractivity contribution is 7.09. The van der Waals surface area contributed by atoms with Crippen LogP contribution in [0.2, 0.25) is 0 Å². The highest BCUT2D eigenvalue weighted by Crippen LogP contribution is 2.33. The Morgan fingerprint density at radius 2 is 2.25 bits per heavy atom. The molecule has 0 radical (unpaired) electrons. The molecular weight excluding hydrogens is 374 g/mol. The topological polar surface area (TPSA) is 84.2 Å². The largest absolute Gasteiger partial charge is 0.356 e. The van der Waals surface area contributed by atoms with Crippen molar-refractivity contribution < 1.29 is 9.32 Å². The van der Waals surface area contributed by atoms with Crippen LogP contribution >= 0.6 is 11.3 Å². The normalized spacial score (nSPS) is 15.6. The fourth-order valence-electron chi connectivity index (χ4n) is 3.57. The van der Waals surface area contributed by atoms with Gasteiger partial charge in [0.2, 0.25) is 5.91 Å². The van der Waals surface area contributed by atoms with E-state index in [9.17, 15) is 4.79 Å². The van der Waals surface area contributed by atoms with E-state index in [4.69, 9.17) is 4.52 Å². The summed E-state index contributed by atoms with van der Waals surface area (Å²) in [7, 11) is 0. The lowest BCUT2D eigenvalue weighted by atomic mass is 9.90. The zero-order valence-electron chi connectivity index (χ0n) is 15.8. The number of thiophene rings is 1. The molecule has 1 N–H and O–H groups in total. The van der Waals surface area contributed by atoms with E-state index in [0.717, 1.165) is 42.9 Å². The van der Waals surface area contributed by atoms with Gasteiger partial charge < -0.3 is 9.84 Å². The number of likely N-dealkylation sites (tertiary alicyclic amines) is 1. The molecule has 3 aromatic rings. The highest BCUT2D eigenvalue weighted by atomic mass is 32.1. The molecule has 4 rings (SSSR count). The zero-order chi connectivity index (χ0) is 19.3. The second-order valence-corrected chi connectivity index (χ2v) is 8.09. The SMILES string of the molecule is Cc1cc(-c2cncnc2C2CCN(CC(=O)NCc3cccs3)CC2)on1. The Kier molecular flexibility index (Phi) is 5.78. The van der Waals surface area contributed by atoms with Crippen molar-refractivity contribution >= 4 is 17.2 Å². The van der Waals surface area contributed by atoms with Gasteiger partial charge >= 0.3 is 0 Å². The number of aryl methyl sites for hydroxylation is 1. The van der Waals surface area contributed by atoms with Crippen molar-refractivity contribution in [3.63, 3.8) is 0 Å². The van der Waals surface area contributed by atoms with Gasteiger partial charge in [0.1, 0.15) is 6.33 Å². The van der Waals surface area contributed by atoms with Gasteiger partial charge in [-0.1, -0.05) is 11.2 Å². The van der Waals surface area contributed by atoms with Crippen LogP contribution in [-0.4, -0.2) is 45.6 Å². The van der Waals surface area contributed by atoms with Crippen LogP contribution < -0.4 is 5.32 Å². The third-order valence-corrected chi connectivity index (χ3v) is 5.89. The number of nitrogens with one attached hydrogen (secondary N) is 1. The van der Waals surface area contributed by atoms with Gasteiger partial charge in [-0.3, -0.25) is 9.69 Å². The molecule has 1 aliphatic rings. The van der Waals surface area contributed by atoms with E-state index in [1.807, 2.05) is 30.5 Å². The Morgan fingerprint density at radius 1 is 1.39 bits per heavy atom. The molecule has 28 heavy (non-hydrogen) atoms. The first-order valence-electron chi connectivity index (χ1n) is 9.44. The summed E-state index contributed by atoms with van der Waals surface area (Å²) in [6, 6.07) is 5.94. The van der Waals surface area contributed by atoms with Gasteiger partial charge in [0.15, 0.2) is 5.76 Å². The van der Waals surface area contributed by atoms with Crippen LogP contribution in [0.4, 0.5) is 0 Å². The molecule has 0 atom stereocenters. The molecule has 146 valence electrons. The van der Waals surface area contributed by atoms with Crippen LogP contribution in [0.5, 0.6) is 0 Å². The van der Waals surface area contributed by atoms with Crippen molar-refractivity contribution in [2.24, 2.45) is 0 Å². The first-order valence-corrected chi connectivity index (χ1v) is 10.3. The molecule has 3 aromatic heterocycles. The molecule has 1 fully saturated rings. The summed E-state index contributed by atoms with van der Waals surface area (Å²) in [5.41, 5.74) is 2.76. The van der Waals surface area contributed by atoms with Crippen LogP contribution in [0.15, 0.2) is 40.6 Å². The predicted octanol–water partition coefficient (Wildman–Crippen LogP) is 3.00. The van der Waals surface area contributed by atoms with Gasteiger partial charge in [-0.05, 0) is 44.3 Å². The van der Waals surface area contributed by atoms with Crippen molar-refractivity contribution in [2.75, 3.05) is 19.6 Å². The summed E-state index contributed by atoms with van der Waals surface area (Å²) in [5, 5.41) is 9.00. The van der Waals surface area contributed by atoms with Crippen molar-refractivity contribution in [2.45, 2.75) is 32.2 Å². The number of amides is 1. The van der Waals surface area contributed by atoms with E-state index >= 15 is 0 Å². The van der Waals surface area contributed by atoms with Crippen LogP contribution in [0.25, 0.3) is 11.3 Å². The molecule has 0 spiro atoms. The highest BCUT2D eigenvalue weighted by Gasteiger charge is 2.26. The van der Waals surface area contributed by atoms with Crippen LogP contribution in [0.3, 0.4) is 0 Å². The van der Waals surface area contributed by atoms with Crippen molar-refractivity contribution in [1.82, 2.24) is 25.3 Å². The summed E-state index contributed by atoms with van der Waals surface area (Å²) in [6.07, 6.45) is 5.30. The maximum atomic E-state index is 12.2. The van der Waals surface area contributed by atoms with Gasteiger partial charge in [0.25, 0.3) is 0 Å². The van der Waals surface area contributed by atoms with Crippen molar-refractivity contribution in [1.29, 1.82) is 0 Å². The van der Waals surface area contributed by atoms with Gasteiger partial charge in [-0.2, -0.15) is 0 Å². The molecule has 1 amide bonds. The number of aromatic nitrogens is 3. The Labute approximate surface area is 167 Å². The molecular formula is C20H23N5O2S. The fraction of sp³-hybridized carbons (Fsp3) is 0.400. The average Bonchev–Trinajstić information content (AvgIpc) is 3.39. The maximum Gasteiger partial charge on any atom is 0.234 e. The summed E-state index contributed by atoms with van der Waals surface area (Å²) < 4.78 is 5.42. The predicted molar refractivity (Wildman–Crippen MR) is 107 cm³/mol. The van der Waals surface area contributed by atoms with Crippen molar-refractivity contribution in [3.05, 3.63) is 52.4 Å². The first-order chi connectivity index (χ1) is 13.7. The number of hydrogen-bond donors (Lipinski definition) is 1. The molecule has 0 aliphatic carbocycles. The summed E-state index contributed by atoms with van der Waals surface area (Å²) in [4.78, 5) is 24.3. The number of nitrogens with zero attached hydrogens (tertiary/aromatic N) is 4. The third-order valence-electron chi connectivity index (χ3n) is 5.02. The first kappa shape index (κ1) is 18.8. The Bertz CT molecular complexity index is 916. The van der Waals surface area contributed by atoms with Crippen LogP contribution in [0.1, 0.15) is 35.0 Å². The number of hydrogen-bond acceptors (Lipinski definition) is 7. The fourth-order valence-corrected chi connectivity index (χ4v) is 4.21. The number of rotatable bonds is 6. The van der Waals surface area contributed by atoms with Gasteiger partial charge in [-0.15, -0.1) is 11.3 Å². The standard InChI is InChI=1S/C20H23N5O2S/c1-14-9-18(27-24-14)17-11-21-13-23-20(17)15-4-6-25(7-5-15)12-19(26)22-10-16-3-2-8-28-16/h2-3,8-9,11,13,15H,4-7,10,12H2,1H3,(H,22,26). The van der Waals surface area contributed by atoms with E-state index < -0.39 is 0 Å². The molecule has 0 saturated carbocycles. The lowest BCUT2D eigenvalue weighted by Gasteiger charge is -2.31. The second-order valence-electron chi connectivity index (χ2n) is 7.06. The third kappa shape index (κ3) is 4.45. The molecule has 4 heterocycles. The van der Waals surface area contributed by atoms with E-state index in [-0.39, 0.29) is 5.91 Å². The quantitative estimate of drug-likeness (QED) is 0.688. The second kappa shape index (κ2) is 8.62. The Hall–Kier alpha value is -2.58. The van der Waals surface area contributed by atoms with Crippen LogP contribution in [-0.2, 0) is 11.3 Å². The van der Waals surface area contributed by atoms with Gasteiger partial charge in [-0.25, -0.2) is 9.97 Å². The summed E-state index contributed by atoms with van der Waals surface area (Å²) in [5.74, 6) is 1.11.